The molecule has 1 unspecified atom stereocenters. The maximum atomic E-state index is 12.9. The van der Waals surface area contributed by atoms with Crippen molar-refractivity contribution in [1.82, 2.24) is 40.5 Å². The number of carbonyl (C=O) groups excluding carboxylic acids is 1. The standard InChI is InChI=1S/C16H14N8O/c25-16(18-9-11-5-2-1-3-6-11)13(14-20-22-23-21-14)24-10-19-12-7-4-8-17-15(12)24/h1-8,10,13H,9H2,(H,18,25)(H,20,21,22,23). The lowest BCUT2D eigenvalue weighted by atomic mass is 10.2. The molecule has 124 valence electrons. The third-order valence-corrected chi connectivity index (χ3v) is 3.79. The number of H-pyrrole nitrogens is 1. The zero-order valence-electron chi connectivity index (χ0n) is 13.1. The van der Waals surface area contributed by atoms with Crippen molar-refractivity contribution in [3.05, 3.63) is 66.4 Å². The van der Waals surface area contributed by atoms with Crippen LogP contribution in [-0.2, 0) is 11.3 Å². The number of nitrogens with one attached hydrogen (secondary N) is 2. The number of aromatic nitrogens is 7. The van der Waals surface area contributed by atoms with Gasteiger partial charge in [-0.2, -0.15) is 0 Å². The lowest BCUT2D eigenvalue weighted by Crippen LogP contribution is -2.33. The van der Waals surface area contributed by atoms with E-state index in [1.165, 1.54) is 0 Å². The molecule has 1 amide bonds. The van der Waals surface area contributed by atoms with Gasteiger partial charge in [-0.05, 0) is 28.1 Å². The average Bonchev–Trinajstić information content (AvgIpc) is 3.32. The smallest absolute Gasteiger partial charge is 0.251 e. The number of imidazole rings is 1. The van der Waals surface area contributed by atoms with Gasteiger partial charge < -0.3 is 5.32 Å². The minimum absolute atomic E-state index is 0.257. The molecule has 4 aromatic rings. The maximum Gasteiger partial charge on any atom is 0.251 e. The van der Waals surface area contributed by atoms with Crippen molar-refractivity contribution in [1.29, 1.82) is 0 Å². The van der Waals surface area contributed by atoms with E-state index in [1.54, 1.807) is 23.2 Å². The summed E-state index contributed by atoms with van der Waals surface area (Å²) in [5.41, 5.74) is 2.27. The molecule has 0 saturated heterocycles. The number of benzene rings is 1. The predicted molar refractivity (Wildman–Crippen MR) is 88.1 cm³/mol. The lowest BCUT2D eigenvalue weighted by Gasteiger charge is -2.16. The molecule has 1 atom stereocenters. The zero-order valence-corrected chi connectivity index (χ0v) is 13.1. The Morgan fingerprint density at radius 3 is 2.84 bits per heavy atom. The first-order chi connectivity index (χ1) is 12.3. The molecule has 3 aromatic heterocycles. The Morgan fingerprint density at radius 2 is 2.04 bits per heavy atom. The molecule has 0 fully saturated rings. The molecule has 2 N–H and O–H groups in total. The molecule has 25 heavy (non-hydrogen) atoms. The first-order valence-corrected chi connectivity index (χ1v) is 7.66. The van der Waals surface area contributed by atoms with Crippen LogP contribution in [0.15, 0.2) is 55.0 Å². The summed E-state index contributed by atoms with van der Waals surface area (Å²) in [7, 11) is 0. The van der Waals surface area contributed by atoms with Crippen LogP contribution in [0.1, 0.15) is 17.4 Å². The normalized spacial score (nSPS) is 12.2. The third-order valence-electron chi connectivity index (χ3n) is 3.79. The summed E-state index contributed by atoms with van der Waals surface area (Å²) in [6, 6.07) is 12.5. The van der Waals surface area contributed by atoms with Crippen LogP contribution in [0, 0.1) is 0 Å². The van der Waals surface area contributed by atoms with Gasteiger partial charge >= 0.3 is 0 Å². The molecule has 3 heterocycles. The number of carbonyl (C=O) groups is 1. The molecule has 0 aliphatic carbocycles. The fourth-order valence-electron chi connectivity index (χ4n) is 2.60. The first-order valence-electron chi connectivity index (χ1n) is 7.66. The van der Waals surface area contributed by atoms with Gasteiger partial charge in [0.05, 0.1) is 6.33 Å². The van der Waals surface area contributed by atoms with Crippen molar-refractivity contribution < 1.29 is 4.79 Å². The van der Waals surface area contributed by atoms with Gasteiger partial charge in [-0.1, -0.05) is 30.3 Å². The Balaban J connectivity index is 1.66. The highest BCUT2D eigenvalue weighted by Crippen LogP contribution is 2.19. The zero-order chi connectivity index (χ0) is 17.1. The van der Waals surface area contributed by atoms with Crippen LogP contribution in [0.5, 0.6) is 0 Å². The minimum Gasteiger partial charge on any atom is -0.350 e. The Hall–Kier alpha value is -3.62. The minimum atomic E-state index is -0.793. The second-order valence-electron chi connectivity index (χ2n) is 5.39. The van der Waals surface area contributed by atoms with E-state index in [4.69, 9.17) is 0 Å². The molecule has 0 spiro atoms. The van der Waals surface area contributed by atoms with Gasteiger partial charge in [0, 0.05) is 12.7 Å². The molecule has 9 heteroatoms. The van der Waals surface area contributed by atoms with E-state index in [9.17, 15) is 4.79 Å². The van der Waals surface area contributed by atoms with Crippen LogP contribution >= 0.6 is 0 Å². The number of hydrogen-bond acceptors (Lipinski definition) is 6. The number of nitrogens with zero attached hydrogens (tertiary/aromatic N) is 6. The molecule has 0 aliphatic rings. The van der Waals surface area contributed by atoms with Gasteiger partial charge in [0.1, 0.15) is 5.52 Å². The molecule has 0 bridgehead atoms. The summed E-state index contributed by atoms with van der Waals surface area (Å²) in [5, 5.41) is 16.6. The summed E-state index contributed by atoms with van der Waals surface area (Å²) >= 11 is 0. The number of pyridine rings is 1. The van der Waals surface area contributed by atoms with Crippen molar-refractivity contribution in [2.45, 2.75) is 12.6 Å². The number of hydrogen-bond donors (Lipinski definition) is 2. The lowest BCUT2D eigenvalue weighted by molar-refractivity contribution is -0.123. The van der Waals surface area contributed by atoms with Gasteiger partial charge in [0.25, 0.3) is 5.91 Å². The summed E-state index contributed by atoms with van der Waals surface area (Å²) in [6.45, 7) is 0.401. The van der Waals surface area contributed by atoms with Gasteiger partial charge in [0.2, 0.25) is 0 Å². The van der Waals surface area contributed by atoms with Gasteiger partial charge in [-0.3, -0.25) is 9.36 Å². The Morgan fingerprint density at radius 1 is 1.16 bits per heavy atom. The summed E-state index contributed by atoms with van der Waals surface area (Å²) in [5.74, 6) is 0.0582. The van der Waals surface area contributed by atoms with Crippen molar-refractivity contribution >= 4 is 17.1 Å². The van der Waals surface area contributed by atoms with Crippen LogP contribution in [0.3, 0.4) is 0 Å². The maximum absolute atomic E-state index is 12.9. The second-order valence-corrected chi connectivity index (χ2v) is 5.39. The quantitative estimate of drug-likeness (QED) is 0.559. The van der Waals surface area contributed by atoms with Crippen molar-refractivity contribution in [3.63, 3.8) is 0 Å². The van der Waals surface area contributed by atoms with E-state index >= 15 is 0 Å². The monoisotopic (exact) mass is 334 g/mol. The first kappa shape index (κ1) is 14.9. The van der Waals surface area contributed by atoms with E-state index in [2.05, 4.69) is 35.9 Å². The van der Waals surface area contributed by atoms with E-state index in [-0.39, 0.29) is 5.91 Å². The third kappa shape index (κ3) is 2.94. The SMILES string of the molecule is O=C(NCc1ccccc1)C(c1nnn[nH]1)n1cnc2cccnc21. The molecular formula is C16H14N8O. The molecule has 0 saturated carbocycles. The largest absolute Gasteiger partial charge is 0.350 e. The highest BCUT2D eigenvalue weighted by Gasteiger charge is 2.27. The van der Waals surface area contributed by atoms with E-state index in [1.807, 2.05) is 36.4 Å². The van der Waals surface area contributed by atoms with Crippen LogP contribution in [0.25, 0.3) is 11.2 Å². The van der Waals surface area contributed by atoms with Crippen LogP contribution in [-0.4, -0.2) is 41.1 Å². The van der Waals surface area contributed by atoms with Crippen LogP contribution in [0.4, 0.5) is 0 Å². The molecule has 0 radical (unpaired) electrons. The molecule has 4 rings (SSSR count). The van der Waals surface area contributed by atoms with Crippen LogP contribution in [0.2, 0.25) is 0 Å². The summed E-state index contributed by atoms with van der Waals surface area (Å²) < 4.78 is 1.65. The fraction of sp³-hybridized carbons (Fsp3) is 0.125. The predicted octanol–water partition coefficient (Wildman–Crippen LogP) is 0.850. The molecular weight excluding hydrogens is 320 g/mol. The Kier molecular flexibility index (Phi) is 3.87. The number of rotatable bonds is 5. The van der Waals surface area contributed by atoms with Gasteiger partial charge in [-0.25, -0.2) is 15.1 Å². The van der Waals surface area contributed by atoms with E-state index in [0.29, 0.717) is 23.5 Å². The van der Waals surface area contributed by atoms with Crippen LogP contribution < -0.4 is 5.32 Å². The number of tetrazole rings is 1. The fourth-order valence-corrected chi connectivity index (χ4v) is 2.60. The number of aromatic amines is 1. The Bertz CT molecular complexity index is 980. The van der Waals surface area contributed by atoms with Gasteiger partial charge in [0.15, 0.2) is 17.5 Å². The van der Waals surface area contributed by atoms with Crippen molar-refractivity contribution in [3.8, 4) is 0 Å². The Labute approximate surface area is 142 Å². The van der Waals surface area contributed by atoms with Gasteiger partial charge in [-0.15, -0.1) is 5.10 Å². The topological polar surface area (TPSA) is 114 Å². The van der Waals surface area contributed by atoms with E-state index in [0.717, 1.165) is 5.56 Å². The molecule has 0 aliphatic heterocycles. The van der Waals surface area contributed by atoms with Crippen molar-refractivity contribution in [2.24, 2.45) is 0 Å². The second kappa shape index (κ2) is 6.48. The molecule has 9 nitrogen and oxygen atoms in total. The highest BCUT2D eigenvalue weighted by molar-refractivity contribution is 5.84. The highest BCUT2D eigenvalue weighted by atomic mass is 16.2. The summed E-state index contributed by atoms with van der Waals surface area (Å²) in [6.07, 6.45) is 3.21. The van der Waals surface area contributed by atoms with E-state index < -0.39 is 6.04 Å². The average molecular weight is 334 g/mol. The molecule has 1 aromatic carbocycles. The number of fused-ring (bicyclic) bond motifs is 1. The summed E-state index contributed by atoms with van der Waals surface area (Å²) in [4.78, 5) is 21.5. The number of amides is 1. The van der Waals surface area contributed by atoms with Crippen molar-refractivity contribution in [2.75, 3.05) is 0 Å².